The van der Waals surface area contributed by atoms with Crippen LogP contribution < -0.4 is 0 Å². The highest BCUT2D eigenvalue weighted by atomic mass is 35.5. The van der Waals surface area contributed by atoms with Crippen LogP contribution in [-0.4, -0.2) is 25.6 Å². The number of benzene rings is 1. The van der Waals surface area contributed by atoms with Gasteiger partial charge in [0.2, 0.25) is 0 Å². The van der Waals surface area contributed by atoms with Gasteiger partial charge in [0.1, 0.15) is 11.5 Å². The van der Waals surface area contributed by atoms with Crippen LogP contribution in [0.3, 0.4) is 0 Å². The van der Waals surface area contributed by atoms with E-state index in [1.165, 1.54) is 0 Å². The zero-order valence-corrected chi connectivity index (χ0v) is 15.3. The summed E-state index contributed by atoms with van der Waals surface area (Å²) >= 11 is 0. The highest BCUT2D eigenvalue weighted by Crippen LogP contribution is 2.17. The molecule has 0 bridgehead atoms. The molecule has 8 heteroatoms. The van der Waals surface area contributed by atoms with Crippen LogP contribution in [0.5, 0.6) is 0 Å². The van der Waals surface area contributed by atoms with E-state index in [-0.39, 0.29) is 31.4 Å². The lowest BCUT2D eigenvalue weighted by Gasteiger charge is -2.05. The Morgan fingerprint density at radius 2 is 1.92 bits per heavy atom. The van der Waals surface area contributed by atoms with Gasteiger partial charge in [-0.3, -0.25) is 4.98 Å². The first-order valence-corrected chi connectivity index (χ1v) is 7.57. The van der Waals surface area contributed by atoms with Gasteiger partial charge in [-0.05, 0) is 12.1 Å². The maximum absolute atomic E-state index is 5.50. The second-order valence-corrected chi connectivity index (χ2v) is 5.26. The van der Waals surface area contributed by atoms with Crippen LogP contribution in [0.4, 0.5) is 0 Å². The number of H-pyrrole nitrogens is 2. The number of nitrogens with one attached hydrogen (secondary N) is 2. The van der Waals surface area contributed by atoms with Crippen LogP contribution in [0.15, 0.2) is 72.4 Å². The normalized spacial score (nSPS) is 10.8. The van der Waals surface area contributed by atoms with E-state index in [4.69, 9.17) is 4.84 Å². The first kappa shape index (κ1) is 19.5. The molecular formula is C18H17Cl2N5O. The predicted octanol–water partition coefficient (Wildman–Crippen LogP) is 4.10. The molecule has 4 rings (SSSR count). The molecule has 26 heavy (non-hydrogen) atoms. The summed E-state index contributed by atoms with van der Waals surface area (Å²) in [7, 11) is 0. The first-order chi connectivity index (χ1) is 11.9. The lowest BCUT2D eigenvalue weighted by Crippen LogP contribution is -2.05. The number of imidazole rings is 1. The molecular weight excluding hydrogens is 373 g/mol. The third-order valence-corrected chi connectivity index (χ3v) is 3.64. The van der Waals surface area contributed by atoms with Gasteiger partial charge < -0.3 is 14.8 Å². The van der Waals surface area contributed by atoms with Gasteiger partial charge in [0, 0.05) is 29.5 Å². The monoisotopic (exact) mass is 389 g/mol. The number of nitrogens with zero attached hydrogens (tertiary/aromatic N) is 3. The number of oxime groups is 1. The fourth-order valence-corrected chi connectivity index (χ4v) is 2.49. The van der Waals surface area contributed by atoms with Gasteiger partial charge in [-0.15, -0.1) is 24.8 Å². The van der Waals surface area contributed by atoms with Crippen molar-refractivity contribution >= 4 is 41.4 Å². The number of hydrogen-bond donors (Lipinski definition) is 2. The third kappa shape index (κ3) is 4.22. The van der Waals surface area contributed by atoms with Crippen molar-refractivity contribution in [1.82, 2.24) is 19.9 Å². The van der Waals surface area contributed by atoms with Crippen LogP contribution in [0.25, 0.3) is 10.9 Å². The third-order valence-electron chi connectivity index (χ3n) is 3.64. The molecule has 0 radical (unpaired) electrons. The van der Waals surface area contributed by atoms with Crippen molar-refractivity contribution in [2.45, 2.75) is 6.61 Å². The number of fused-ring (bicyclic) bond motifs is 1. The molecule has 0 unspecified atom stereocenters. The predicted molar refractivity (Wildman–Crippen MR) is 106 cm³/mol. The van der Waals surface area contributed by atoms with Gasteiger partial charge >= 0.3 is 0 Å². The zero-order valence-electron chi connectivity index (χ0n) is 13.6. The fourth-order valence-electron chi connectivity index (χ4n) is 2.49. The van der Waals surface area contributed by atoms with Crippen molar-refractivity contribution in [3.63, 3.8) is 0 Å². The summed E-state index contributed by atoms with van der Waals surface area (Å²) < 4.78 is 0. The minimum absolute atomic E-state index is 0. The molecule has 3 aromatic heterocycles. The molecule has 1 aromatic carbocycles. The molecule has 0 fully saturated rings. The van der Waals surface area contributed by atoms with Crippen molar-refractivity contribution in [3.8, 4) is 0 Å². The molecule has 134 valence electrons. The maximum atomic E-state index is 5.50. The van der Waals surface area contributed by atoms with Crippen molar-refractivity contribution in [2.75, 3.05) is 0 Å². The Balaban J connectivity index is 0.00000121. The Bertz CT molecular complexity index is 935. The average Bonchev–Trinajstić information content (AvgIpc) is 3.28. The second kappa shape index (κ2) is 9.03. The van der Waals surface area contributed by atoms with Crippen LogP contribution >= 0.6 is 24.8 Å². The summed E-state index contributed by atoms with van der Waals surface area (Å²) in [5.41, 5.74) is 3.54. The Morgan fingerprint density at radius 3 is 2.65 bits per heavy atom. The van der Waals surface area contributed by atoms with Crippen molar-refractivity contribution in [2.24, 2.45) is 5.16 Å². The smallest absolute Gasteiger partial charge is 0.174 e. The summed E-state index contributed by atoms with van der Waals surface area (Å²) in [6.45, 7) is 0.283. The largest absolute Gasteiger partial charge is 0.387 e. The van der Waals surface area contributed by atoms with E-state index in [0.717, 1.165) is 33.7 Å². The lowest BCUT2D eigenvalue weighted by atomic mass is 10.1. The van der Waals surface area contributed by atoms with Crippen molar-refractivity contribution < 1.29 is 4.84 Å². The molecule has 3 heterocycles. The molecule has 0 amide bonds. The number of pyridine rings is 1. The molecule has 4 aromatic rings. The van der Waals surface area contributed by atoms with E-state index in [9.17, 15) is 0 Å². The Kier molecular flexibility index (Phi) is 6.77. The van der Waals surface area contributed by atoms with Crippen molar-refractivity contribution in [1.29, 1.82) is 0 Å². The molecule has 0 spiro atoms. The molecule has 0 saturated heterocycles. The molecule has 0 aliphatic rings. The van der Waals surface area contributed by atoms with Gasteiger partial charge in [-0.1, -0.05) is 35.5 Å². The quantitative estimate of drug-likeness (QED) is 0.398. The number of hydrogen-bond acceptors (Lipinski definition) is 4. The van der Waals surface area contributed by atoms with Gasteiger partial charge in [0.25, 0.3) is 0 Å². The molecule has 6 nitrogen and oxygen atoms in total. The maximum Gasteiger partial charge on any atom is 0.174 e. The summed E-state index contributed by atoms with van der Waals surface area (Å²) in [6.07, 6.45) is 7.01. The van der Waals surface area contributed by atoms with Crippen LogP contribution in [0, 0.1) is 0 Å². The van der Waals surface area contributed by atoms with E-state index < -0.39 is 0 Å². The number of rotatable bonds is 5. The number of aromatic amines is 2. The second-order valence-electron chi connectivity index (χ2n) is 5.26. The summed E-state index contributed by atoms with van der Waals surface area (Å²) in [5.74, 6) is 0.729. The molecule has 0 saturated carbocycles. The standard InChI is InChI=1S/C18H15N5O.2ClH/c1-2-4-13(5-3-1)18(23-24-12-17-20-8-9-21-17)15-10-14-6-7-19-11-16(14)22-15;;/h1-11,22H,12H2,(H,20,21);2*1H. The van der Waals surface area contributed by atoms with Crippen LogP contribution in [0.2, 0.25) is 0 Å². The highest BCUT2D eigenvalue weighted by Gasteiger charge is 2.11. The highest BCUT2D eigenvalue weighted by molar-refractivity contribution is 6.13. The van der Waals surface area contributed by atoms with E-state index in [1.54, 1.807) is 24.8 Å². The van der Waals surface area contributed by atoms with E-state index >= 15 is 0 Å². The number of aromatic nitrogens is 4. The SMILES string of the molecule is Cl.Cl.c1ccc(C(=NOCc2ncc[nH]2)c2cc3ccncc3[nH]2)cc1. The Hall–Kier alpha value is -2.83. The summed E-state index contributed by atoms with van der Waals surface area (Å²) in [5, 5.41) is 5.42. The van der Waals surface area contributed by atoms with Crippen LogP contribution in [-0.2, 0) is 11.4 Å². The number of halogens is 2. The van der Waals surface area contributed by atoms with E-state index in [0.29, 0.717) is 0 Å². The zero-order chi connectivity index (χ0) is 16.2. The van der Waals surface area contributed by atoms with Crippen LogP contribution in [0.1, 0.15) is 17.1 Å². The average molecular weight is 390 g/mol. The van der Waals surface area contributed by atoms with Gasteiger partial charge in [-0.2, -0.15) is 0 Å². The summed E-state index contributed by atoms with van der Waals surface area (Å²) in [4.78, 5) is 20.1. The summed E-state index contributed by atoms with van der Waals surface area (Å²) in [6, 6.07) is 13.9. The first-order valence-electron chi connectivity index (χ1n) is 7.57. The molecule has 0 atom stereocenters. The van der Waals surface area contributed by atoms with Gasteiger partial charge in [0.15, 0.2) is 6.61 Å². The van der Waals surface area contributed by atoms with E-state index in [1.807, 2.05) is 42.5 Å². The molecule has 2 N–H and O–H groups in total. The minimum atomic E-state index is 0. The van der Waals surface area contributed by atoms with Gasteiger partial charge in [0.05, 0.1) is 17.4 Å². The topological polar surface area (TPSA) is 79.0 Å². The fraction of sp³-hybridized carbons (Fsp3) is 0.0556. The van der Waals surface area contributed by atoms with E-state index in [2.05, 4.69) is 25.1 Å². The minimum Gasteiger partial charge on any atom is -0.387 e. The van der Waals surface area contributed by atoms with Gasteiger partial charge in [-0.25, -0.2) is 4.98 Å². The molecule has 0 aliphatic heterocycles. The Morgan fingerprint density at radius 1 is 1.08 bits per heavy atom. The van der Waals surface area contributed by atoms with Crippen molar-refractivity contribution in [3.05, 3.63) is 84.3 Å². The molecule has 0 aliphatic carbocycles. The lowest BCUT2D eigenvalue weighted by molar-refractivity contribution is 0.125. The Labute approximate surface area is 162 Å².